The van der Waals surface area contributed by atoms with Crippen LogP contribution in [0.15, 0.2) is 64.3 Å². The van der Waals surface area contributed by atoms with E-state index in [-0.39, 0.29) is 11.2 Å². The summed E-state index contributed by atoms with van der Waals surface area (Å²) in [5.74, 6) is 0.611. The van der Waals surface area contributed by atoms with Gasteiger partial charge in [-0.3, -0.25) is 4.79 Å². The topological polar surface area (TPSA) is 51.2 Å². The molecule has 26 heavy (non-hydrogen) atoms. The van der Waals surface area contributed by atoms with E-state index in [9.17, 15) is 4.79 Å². The Bertz CT molecular complexity index is 865. The van der Waals surface area contributed by atoms with E-state index in [4.69, 9.17) is 4.74 Å². The Morgan fingerprint density at radius 1 is 1.19 bits per heavy atom. The lowest BCUT2D eigenvalue weighted by Crippen LogP contribution is -2.22. The molecule has 1 amide bonds. The Kier molecular flexibility index (Phi) is 6.30. The van der Waals surface area contributed by atoms with E-state index < -0.39 is 0 Å². The number of benzene rings is 2. The fourth-order valence-electron chi connectivity index (χ4n) is 2.34. The Labute approximate surface area is 161 Å². The van der Waals surface area contributed by atoms with Gasteiger partial charge < -0.3 is 10.1 Å². The number of ether oxygens (including phenoxy) is 1. The molecule has 0 saturated heterocycles. The van der Waals surface area contributed by atoms with Gasteiger partial charge in [0.2, 0.25) is 5.91 Å². The van der Waals surface area contributed by atoms with Gasteiger partial charge in [-0.1, -0.05) is 54.2 Å². The van der Waals surface area contributed by atoms with Crippen molar-refractivity contribution in [1.29, 1.82) is 0 Å². The monoisotopic (exact) mass is 384 g/mol. The highest BCUT2D eigenvalue weighted by atomic mass is 32.2. The molecular weight excluding hydrogens is 364 g/mol. The van der Waals surface area contributed by atoms with Crippen molar-refractivity contribution in [2.75, 3.05) is 11.9 Å². The molecule has 1 N–H and O–H groups in total. The second kappa shape index (κ2) is 8.87. The van der Waals surface area contributed by atoms with Crippen LogP contribution in [0.5, 0.6) is 5.75 Å². The zero-order chi connectivity index (χ0) is 18.4. The van der Waals surface area contributed by atoms with Crippen LogP contribution in [0.2, 0.25) is 0 Å². The SMILES string of the molecule is CCOc1ccccc1NC(=O)[C@@H](C)Sc1nc(-c2ccccc2)cs1. The van der Waals surface area contributed by atoms with E-state index in [0.717, 1.165) is 15.6 Å². The van der Waals surface area contributed by atoms with Crippen LogP contribution in [-0.2, 0) is 4.79 Å². The minimum atomic E-state index is -0.264. The predicted molar refractivity (Wildman–Crippen MR) is 109 cm³/mol. The van der Waals surface area contributed by atoms with Crippen LogP contribution >= 0.6 is 23.1 Å². The standard InChI is InChI=1S/C20H20N2O2S2/c1-3-24-18-12-8-7-11-16(18)21-19(23)14(2)26-20-22-17(13-25-20)15-9-5-4-6-10-15/h4-14H,3H2,1-2H3,(H,21,23)/t14-/m1/s1. The van der Waals surface area contributed by atoms with Crippen molar-refractivity contribution in [2.45, 2.75) is 23.4 Å². The quantitative estimate of drug-likeness (QED) is 0.560. The smallest absolute Gasteiger partial charge is 0.237 e. The highest BCUT2D eigenvalue weighted by molar-refractivity contribution is 8.02. The van der Waals surface area contributed by atoms with Crippen LogP contribution in [0.4, 0.5) is 5.69 Å². The Hall–Kier alpha value is -2.31. The van der Waals surface area contributed by atoms with Gasteiger partial charge >= 0.3 is 0 Å². The number of carbonyl (C=O) groups is 1. The van der Waals surface area contributed by atoms with Crippen molar-refractivity contribution in [1.82, 2.24) is 4.98 Å². The first-order valence-corrected chi connectivity index (χ1v) is 10.1. The number of carbonyl (C=O) groups excluding carboxylic acids is 1. The van der Waals surface area contributed by atoms with Crippen LogP contribution in [-0.4, -0.2) is 22.7 Å². The molecule has 3 aromatic rings. The second-order valence-corrected chi connectivity index (χ2v) is 7.99. The molecule has 0 saturated carbocycles. The average Bonchev–Trinajstić information content (AvgIpc) is 3.13. The van der Waals surface area contributed by atoms with E-state index in [1.54, 1.807) is 11.3 Å². The third kappa shape index (κ3) is 4.65. The molecule has 0 aliphatic rings. The van der Waals surface area contributed by atoms with E-state index in [2.05, 4.69) is 10.3 Å². The molecule has 0 aliphatic heterocycles. The molecule has 1 heterocycles. The lowest BCUT2D eigenvalue weighted by molar-refractivity contribution is -0.115. The summed E-state index contributed by atoms with van der Waals surface area (Å²) in [5.41, 5.74) is 2.71. The number of thiazole rings is 1. The maximum Gasteiger partial charge on any atom is 0.237 e. The first kappa shape index (κ1) is 18.5. The van der Waals surface area contributed by atoms with Gasteiger partial charge in [-0.2, -0.15) is 0 Å². The highest BCUT2D eigenvalue weighted by Gasteiger charge is 2.18. The molecule has 0 unspecified atom stereocenters. The van der Waals surface area contributed by atoms with Crippen LogP contribution in [0.25, 0.3) is 11.3 Å². The van der Waals surface area contributed by atoms with Crippen molar-refractivity contribution in [3.05, 3.63) is 60.0 Å². The van der Waals surface area contributed by atoms with Gasteiger partial charge in [-0.25, -0.2) is 4.98 Å². The third-order valence-corrected chi connectivity index (χ3v) is 5.72. The molecule has 2 aromatic carbocycles. The van der Waals surface area contributed by atoms with Gasteiger partial charge in [0.25, 0.3) is 0 Å². The summed E-state index contributed by atoms with van der Waals surface area (Å²) in [4.78, 5) is 17.2. The highest BCUT2D eigenvalue weighted by Crippen LogP contribution is 2.32. The summed E-state index contributed by atoms with van der Waals surface area (Å²) in [6.45, 7) is 4.36. The molecule has 0 fully saturated rings. The minimum absolute atomic E-state index is 0.0707. The normalized spacial score (nSPS) is 11.8. The number of nitrogens with zero attached hydrogens (tertiary/aromatic N) is 1. The summed E-state index contributed by atoms with van der Waals surface area (Å²) in [6.07, 6.45) is 0. The summed E-state index contributed by atoms with van der Waals surface area (Å²) < 4.78 is 6.44. The summed E-state index contributed by atoms with van der Waals surface area (Å²) in [6, 6.07) is 17.5. The number of aromatic nitrogens is 1. The number of para-hydroxylation sites is 2. The molecule has 0 spiro atoms. The number of thioether (sulfide) groups is 1. The molecule has 6 heteroatoms. The lowest BCUT2D eigenvalue weighted by atomic mass is 10.2. The maximum absolute atomic E-state index is 12.5. The molecule has 1 aromatic heterocycles. The number of nitrogens with one attached hydrogen (secondary N) is 1. The number of rotatable bonds is 7. The first-order chi connectivity index (χ1) is 12.7. The van der Waals surface area contributed by atoms with Crippen molar-refractivity contribution < 1.29 is 9.53 Å². The van der Waals surface area contributed by atoms with Crippen LogP contribution in [0.1, 0.15) is 13.8 Å². The molecule has 0 bridgehead atoms. The largest absolute Gasteiger partial charge is 0.492 e. The lowest BCUT2D eigenvalue weighted by Gasteiger charge is -2.14. The fraction of sp³-hybridized carbons (Fsp3) is 0.200. The molecule has 4 nitrogen and oxygen atoms in total. The minimum Gasteiger partial charge on any atom is -0.492 e. The summed E-state index contributed by atoms with van der Waals surface area (Å²) in [7, 11) is 0. The second-order valence-electron chi connectivity index (χ2n) is 5.54. The van der Waals surface area contributed by atoms with Gasteiger partial charge in [0.15, 0.2) is 4.34 Å². The summed E-state index contributed by atoms with van der Waals surface area (Å²) in [5, 5.41) is 4.70. The molecule has 1 atom stereocenters. The zero-order valence-electron chi connectivity index (χ0n) is 14.6. The van der Waals surface area contributed by atoms with E-state index in [1.165, 1.54) is 11.8 Å². The zero-order valence-corrected chi connectivity index (χ0v) is 16.3. The predicted octanol–water partition coefficient (Wildman–Crippen LogP) is 5.33. The Balaban J connectivity index is 1.64. The van der Waals surface area contributed by atoms with Gasteiger partial charge in [0, 0.05) is 10.9 Å². The molecule has 0 aliphatic carbocycles. The number of hydrogen-bond acceptors (Lipinski definition) is 5. The van der Waals surface area contributed by atoms with Crippen LogP contribution < -0.4 is 10.1 Å². The number of hydrogen-bond donors (Lipinski definition) is 1. The van der Waals surface area contributed by atoms with E-state index >= 15 is 0 Å². The first-order valence-electron chi connectivity index (χ1n) is 8.37. The number of amides is 1. The number of anilines is 1. The molecule has 0 radical (unpaired) electrons. The van der Waals surface area contributed by atoms with Crippen molar-refractivity contribution in [3.8, 4) is 17.0 Å². The van der Waals surface area contributed by atoms with Crippen molar-refractivity contribution in [3.63, 3.8) is 0 Å². The molecular formula is C20H20N2O2S2. The van der Waals surface area contributed by atoms with E-state index in [1.807, 2.05) is 73.8 Å². The van der Waals surface area contributed by atoms with Crippen LogP contribution in [0, 0.1) is 0 Å². The van der Waals surface area contributed by atoms with Crippen LogP contribution in [0.3, 0.4) is 0 Å². The van der Waals surface area contributed by atoms with Crippen molar-refractivity contribution >= 4 is 34.7 Å². The summed E-state index contributed by atoms with van der Waals surface area (Å²) >= 11 is 3.02. The van der Waals surface area contributed by atoms with Gasteiger partial charge in [-0.05, 0) is 26.0 Å². The Morgan fingerprint density at radius 3 is 2.69 bits per heavy atom. The average molecular weight is 385 g/mol. The van der Waals surface area contributed by atoms with Crippen molar-refractivity contribution in [2.24, 2.45) is 0 Å². The van der Waals surface area contributed by atoms with Gasteiger partial charge in [-0.15, -0.1) is 11.3 Å². The third-order valence-electron chi connectivity index (χ3n) is 3.64. The maximum atomic E-state index is 12.5. The fourth-order valence-corrected chi connectivity index (χ4v) is 4.31. The van der Waals surface area contributed by atoms with Gasteiger partial charge in [0.1, 0.15) is 5.75 Å². The molecule has 3 rings (SSSR count). The van der Waals surface area contributed by atoms with Gasteiger partial charge in [0.05, 0.1) is 23.2 Å². The Morgan fingerprint density at radius 2 is 1.92 bits per heavy atom. The molecule has 134 valence electrons. The van der Waals surface area contributed by atoms with E-state index in [0.29, 0.717) is 18.0 Å².